The number of nitrogens with zero attached hydrogens (tertiary/aromatic N) is 2. The SMILES string of the molecule is Cc1nccn1-c1ccc(CCN)c(C(F)(F)F)c1. The van der Waals surface area contributed by atoms with Gasteiger partial charge in [0.15, 0.2) is 0 Å². The minimum absolute atomic E-state index is 0.187. The van der Waals surface area contributed by atoms with Gasteiger partial charge in [-0.05, 0) is 37.6 Å². The molecule has 0 saturated carbocycles. The van der Waals surface area contributed by atoms with Crippen molar-refractivity contribution in [3.63, 3.8) is 0 Å². The fourth-order valence-electron chi connectivity index (χ4n) is 2.00. The number of imidazole rings is 1. The normalized spacial score (nSPS) is 11.8. The Morgan fingerprint density at radius 3 is 2.58 bits per heavy atom. The number of aromatic nitrogens is 2. The van der Waals surface area contributed by atoms with E-state index in [1.165, 1.54) is 6.07 Å². The number of hydrogen-bond acceptors (Lipinski definition) is 2. The maximum atomic E-state index is 13.0. The van der Waals surface area contributed by atoms with Crippen LogP contribution >= 0.6 is 0 Å². The van der Waals surface area contributed by atoms with Gasteiger partial charge in [0.2, 0.25) is 0 Å². The van der Waals surface area contributed by atoms with E-state index in [0.717, 1.165) is 6.07 Å². The Labute approximate surface area is 108 Å². The van der Waals surface area contributed by atoms with Crippen molar-refractivity contribution in [3.8, 4) is 5.69 Å². The lowest BCUT2D eigenvalue weighted by Gasteiger charge is -2.15. The molecule has 1 aromatic heterocycles. The highest BCUT2D eigenvalue weighted by Gasteiger charge is 2.33. The van der Waals surface area contributed by atoms with Crippen LogP contribution < -0.4 is 5.73 Å². The summed E-state index contributed by atoms with van der Waals surface area (Å²) in [7, 11) is 0. The zero-order valence-corrected chi connectivity index (χ0v) is 10.4. The summed E-state index contributed by atoms with van der Waals surface area (Å²) in [5, 5.41) is 0. The molecule has 0 atom stereocenters. The smallest absolute Gasteiger partial charge is 0.330 e. The first-order chi connectivity index (χ1) is 8.93. The number of aryl methyl sites for hydroxylation is 1. The lowest BCUT2D eigenvalue weighted by molar-refractivity contribution is -0.138. The van der Waals surface area contributed by atoms with Gasteiger partial charge < -0.3 is 10.3 Å². The summed E-state index contributed by atoms with van der Waals surface area (Å²) in [4.78, 5) is 4.01. The average Bonchev–Trinajstić information content (AvgIpc) is 2.75. The van der Waals surface area contributed by atoms with E-state index in [0.29, 0.717) is 11.5 Å². The molecular formula is C13H14F3N3. The van der Waals surface area contributed by atoms with Gasteiger partial charge in [0.05, 0.1) is 5.56 Å². The number of alkyl halides is 3. The van der Waals surface area contributed by atoms with Gasteiger partial charge in [-0.15, -0.1) is 0 Å². The van der Waals surface area contributed by atoms with Crippen molar-refractivity contribution in [3.05, 3.63) is 47.5 Å². The van der Waals surface area contributed by atoms with Crippen molar-refractivity contribution >= 4 is 0 Å². The molecule has 0 bridgehead atoms. The molecule has 0 spiro atoms. The van der Waals surface area contributed by atoms with E-state index in [2.05, 4.69) is 4.98 Å². The third-order valence-electron chi connectivity index (χ3n) is 2.92. The number of benzene rings is 1. The summed E-state index contributed by atoms with van der Waals surface area (Å²) >= 11 is 0. The Balaban J connectivity index is 2.53. The summed E-state index contributed by atoms with van der Waals surface area (Å²) < 4.78 is 40.7. The van der Waals surface area contributed by atoms with Crippen LogP contribution in [-0.4, -0.2) is 16.1 Å². The molecule has 0 amide bonds. The maximum Gasteiger partial charge on any atom is 0.416 e. The fraction of sp³-hybridized carbons (Fsp3) is 0.308. The van der Waals surface area contributed by atoms with Crippen LogP contribution in [0.1, 0.15) is 17.0 Å². The van der Waals surface area contributed by atoms with Crippen LogP contribution in [0.2, 0.25) is 0 Å². The van der Waals surface area contributed by atoms with Crippen molar-refractivity contribution in [2.45, 2.75) is 19.5 Å². The molecule has 2 N–H and O–H groups in total. The first-order valence-corrected chi connectivity index (χ1v) is 5.84. The van der Waals surface area contributed by atoms with Crippen molar-refractivity contribution in [1.29, 1.82) is 0 Å². The van der Waals surface area contributed by atoms with Crippen molar-refractivity contribution < 1.29 is 13.2 Å². The second-order valence-electron chi connectivity index (χ2n) is 4.22. The first-order valence-electron chi connectivity index (χ1n) is 5.84. The second kappa shape index (κ2) is 5.05. The molecule has 3 nitrogen and oxygen atoms in total. The fourth-order valence-corrected chi connectivity index (χ4v) is 2.00. The summed E-state index contributed by atoms with van der Waals surface area (Å²) in [6.07, 6.45) is -0.989. The van der Waals surface area contributed by atoms with Crippen LogP contribution in [-0.2, 0) is 12.6 Å². The van der Waals surface area contributed by atoms with Gasteiger partial charge in [0.25, 0.3) is 0 Å². The van der Waals surface area contributed by atoms with Crippen LogP contribution in [0.15, 0.2) is 30.6 Å². The summed E-state index contributed by atoms with van der Waals surface area (Å²) in [5.41, 5.74) is 5.38. The van der Waals surface area contributed by atoms with Gasteiger partial charge in [-0.2, -0.15) is 13.2 Å². The molecule has 0 saturated heterocycles. The van der Waals surface area contributed by atoms with Crippen LogP contribution in [0.3, 0.4) is 0 Å². The maximum absolute atomic E-state index is 13.0. The molecule has 102 valence electrons. The molecule has 0 aliphatic heterocycles. The van der Waals surface area contributed by atoms with E-state index in [-0.39, 0.29) is 18.5 Å². The zero-order chi connectivity index (χ0) is 14.0. The van der Waals surface area contributed by atoms with E-state index in [4.69, 9.17) is 5.73 Å². The summed E-state index contributed by atoms with van der Waals surface area (Å²) in [5.74, 6) is 0.639. The van der Waals surface area contributed by atoms with Crippen LogP contribution in [0.5, 0.6) is 0 Å². The highest BCUT2D eigenvalue weighted by Crippen LogP contribution is 2.33. The third-order valence-corrected chi connectivity index (χ3v) is 2.92. The highest BCUT2D eigenvalue weighted by atomic mass is 19.4. The minimum atomic E-state index is -4.38. The molecule has 19 heavy (non-hydrogen) atoms. The Kier molecular flexibility index (Phi) is 3.61. The average molecular weight is 269 g/mol. The van der Waals surface area contributed by atoms with E-state index in [1.807, 2.05) is 0 Å². The molecule has 0 radical (unpaired) electrons. The van der Waals surface area contributed by atoms with Gasteiger partial charge in [-0.1, -0.05) is 6.07 Å². The second-order valence-corrected chi connectivity index (χ2v) is 4.22. The molecule has 0 fully saturated rings. The quantitative estimate of drug-likeness (QED) is 0.931. The number of nitrogens with two attached hydrogens (primary N) is 1. The molecule has 6 heteroatoms. The van der Waals surface area contributed by atoms with Gasteiger partial charge in [-0.3, -0.25) is 0 Å². The predicted molar refractivity (Wildman–Crippen MR) is 66.1 cm³/mol. The van der Waals surface area contributed by atoms with Gasteiger partial charge in [0.1, 0.15) is 5.82 Å². The molecule has 2 aromatic rings. The van der Waals surface area contributed by atoms with Crippen molar-refractivity contribution in [2.75, 3.05) is 6.54 Å². The lowest BCUT2D eigenvalue weighted by Crippen LogP contribution is -2.13. The predicted octanol–water partition coefficient (Wildman–Crippen LogP) is 2.70. The van der Waals surface area contributed by atoms with E-state index in [9.17, 15) is 13.2 Å². The molecule has 1 heterocycles. The number of hydrogen-bond donors (Lipinski definition) is 1. The molecule has 1 aromatic carbocycles. The minimum Gasteiger partial charge on any atom is -0.330 e. The number of halogens is 3. The van der Waals surface area contributed by atoms with E-state index in [1.54, 1.807) is 30.0 Å². The Morgan fingerprint density at radius 1 is 1.32 bits per heavy atom. The van der Waals surface area contributed by atoms with Crippen LogP contribution in [0.25, 0.3) is 5.69 Å². The molecule has 0 unspecified atom stereocenters. The van der Waals surface area contributed by atoms with Crippen molar-refractivity contribution in [1.82, 2.24) is 9.55 Å². The third kappa shape index (κ3) is 2.78. The van der Waals surface area contributed by atoms with Gasteiger partial charge in [-0.25, -0.2) is 4.98 Å². The van der Waals surface area contributed by atoms with E-state index < -0.39 is 11.7 Å². The zero-order valence-electron chi connectivity index (χ0n) is 10.4. The van der Waals surface area contributed by atoms with Gasteiger partial charge >= 0.3 is 6.18 Å². The monoisotopic (exact) mass is 269 g/mol. The molecule has 2 rings (SSSR count). The summed E-state index contributed by atoms with van der Waals surface area (Å²) in [6.45, 7) is 1.92. The van der Waals surface area contributed by atoms with Crippen LogP contribution in [0.4, 0.5) is 13.2 Å². The molecular weight excluding hydrogens is 255 g/mol. The standard InChI is InChI=1S/C13H14F3N3/c1-9-18-6-7-19(9)11-3-2-10(4-5-17)12(8-11)13(14,15)16/h2-3,6-8H,4-5,17H2,1H3. The number of rotatable bonds is 3. The van der Waals surface area contributed by atoms with Crippen LogP contribution in [0, 0.1) is 6.92 Å². The Bertz CT molecular complexity index is 573. The van der Waals surface area contributed by atoms with E-state index >= 15 is 0 Å². The Morgan fingerprint density at radius 2 is 2.05 bits per heavy atom. The summed E-state index contributed by atoms with van der Waals surface area (Å²) in [6, 6.07) is 4.26. The molecule has 0 aliphatic rings. The largest absolute Gasteiger partial charge is 0.416 e. The Hall–Kier alpha value is -1.82. The first kappa shape index (κ1) is 13.6. The topological polar surface area (TPSA) is 43.8 Å². The van der Waals surface area contributed by atoms with Gasteiger partial charge in [0, 0.05) is 18.1 Å². The van der Waals surface area contributed by atoms with Crippen molar-refractivity contribution in [2.24, 2.45) is 5.73 Å². The highest BCUT2D eigenvalue weighted by molar-refractivity contribution is 5.43. The molecule has 0 aliphatic carbocycles. The lowest BCUT2D eigenvalue weighted by atomic mass is 10.0.